The van der Waals surface area contributed by atoms with E-state index in [4.69, 9.17) is 9.52 Å². The van der Waals surface area contributed by atoms with Crippen LogP contribution in [0.3, 0.4) is 0 Å². The molecule has 4 nitrogen and oxygen atoms in total. The molecule has 0 unspecified atom stereocenters. The van der Waals surface area contributed by atoms with Crippen LogP contribution < -0.4 is 5.32 Å². The minimum Gasteiger partial charge on any atom is -0.478 e. The number of carbonyl (C=O) groups is 1. The lowest BCUT2D eigenvalue weighted by Gasteiger charge is -2.02. The van der Waals surface area contributed by atoms with Gasteiger partial charge in [0.25, 0.3) is 0 Å². The zero-order valence-corrected chi connectivity index (χ0v) is 8.95. The van der Waals surface area contributed by atoms with Crippen LogP contribution in [0, 0.1) is 0 Å². The minimum absolute atomic E-state index is 0.248. The molecule has 15 heavy (non-hydrogen) atoms. The maximum atomic E-state index is 10.7. The molecule has 0 saturated carbocycles. The fourth-order valence-electron chi connectivity index (χ4n) is 1.37. The van der Waals surface area contributed by atoms with Gasteiger partial charge in [-0.1, -0.05) is 19.8 Å². The average Bonchev–Trinajstić information content (AvgIpc) is 2.66. The van der Waals surface area contributed by atoms with Crippen molar-refractivity contribution in [3.05, 3.63) is 23.7 Å². The van der Waals surface area contributed by atoms with Gasteiger partial charge in [-0.2, -0.15) is 0 Å². The number of unbranched alkanes of at least 4 members (excludes halogenated alkanes) is 2. The quantitative estimate of drug-likeness (QED) is 0.679. The highest BCUT2D eigenvalue weighted by atomic mass is 16.4. The summed E-state index contributed by atoms with van der Waals surface area (Å²) in [5.41, 5.74) is 0.248. The van der Waals surface area contributed by atoms with Gasteiger partial charge < -0.3 is 14.8 Å². The summed E-state index contributed by atoms with van der Waals surface area (Å²) >= 11 is 0. The van der Waals surface area contributed by atoms with E-state index in [0.29, 0.717) is 12.3 Å². The van der Waals surface area contributed by atoms with Crippen LogP contribution in [0.25, 0.3) is 0 Å². The van der Waals surface area contributed by atoms with Gasteiger partial charge in [0.2, 0.25) is 0 Å². The molecule has 0 spiro atoms. The van der Waals surface area contributed by atoms with Crippen LogP contribution in [0.1, 0.15) is 42.3 Å². The third-order valence-corrected chi connectivity index (χ3v) is 2.22. The Bertz CT molecular complexity index is 307. The molecular weight excluding hydrogens is 194 g/mol. The maximum Gasteiger partial charge on any atom is 0.339 e. The molecule has 0 aliphatic rings. The molecule has 2 N–H and O–H groups in total. The molecule has 1 heterocycles. The summed E-state index contributed by atoms with van der Waals surface area (Å²) in [6.45, 7) is 3.53. The van der Waals surface area contributed by atoms with Crippen molar-refractivity contribution >= 4 is 5.97 Å². The van der Waals surface area contributed by atoms with Gasteiger partial charge in [0.15, 0.2) is 0 Å². The Morgan fingerprint density at radius 1 is 1.53 bits per heavy atom. The normalized spacial score (nSPS) is 10.5. The van der Waals surface area contributed by atoms with E-state index < -0.39 is 5.97 Å². The predicted octanol–water partition coefficient (Wildman–Crippen LogP) is 2.26. The van der Waals surface area contributed by atoms with Gasteiger partial charge in [0, 0.05) is 0 Å². The van der Waals surface area contributed by atoms with E-state index in [9.17, 15) is 4.79 Å². The summed E-state index contributed by atoms with van der Waals surface area (Å²) in [5.74, 6) is -0.437. The second-order valence-corrected chi connectivity index (χ2v) is 3.45. The Balaban J connectivity index is 2.31. The molecule has 0 atom stereocenters. The summed E-state index contributed by atoms with van der Waals surface area (Å²) in [6, 6.07) is 1.48. The van der Waals surface area contributed by atoms with Crippen LogP contribution in [0.4, 0.5) is 0 Å². The molecular formula is C11H17NO3. The zero-order chi connectivity index (χ0) is 11.1. The number of carboxylic acid groups (broad SMARTS) is 1. The van der Waals surface area contributed by atoms with Gasteiger partial charge in [-0.25, -0.2) is 4.79 Å². The van der Waals surface area contributed by atoms with E-state index in [1.807, 2.05) is 0 Å². The van der Waals surface area contributed by atoms with E-state index in [1.165, 1.54) is 25.2 Å². The molecule has 0 aromatic carbocycles. The molecule has 4 heteroatoms. The maximum absolute atomic E-state index is 10.7. The molecule has 0 aliphatic carbocycles. The third kappa shape index (κ3) is 3.75. The van der Waals surface area contributed by atoms with E-state index in [2.05, 4.69) is 12.2 Å². The number of hydrogen-bond donors (Lipinski definition) is 2. The molecule has 0 saturated heterocycles. The van der Waals surface area contributed by atoms with E-state index in [1.54, 1.807) is 0 Å². The first kappa shape index (κ1) is 11.8. The van der Waals surface area contributed by atoms with Crippen molar-refractivity contribution in [3.63, 3.8) is 0 Å². The molecule has 1 rings (SSSR count). The zero-order valence-electron chi connectivity index (χ0n) is 8.95. The van der Waals surface area contributed by atoms with E-state index in [0.717, 1.165) is 13.0 Å². The van der Waals surface area contributed by atoms with Crippen LogP contribution in [0.15, 0.2) is 16.7 Å². The summed E-state index contributed by atoms with van der Waals surface area (Å²) in [4.78, 5) is 10.7. The molecule has 1 aromatic heterocycles. The first-order valence-corrected chi connectivity index (χ1v) is 5.26. The third-order valence-electron chi connectivity index (χ3n) is 2.22. The fraction of sp³-hybridized carbons (Fsp3) is 0.545. The van der Waals surface area contributed by atoms with Gasteiger partial charge in [-0.05, 0) is 19.0 Å². The monoisotopic (exact) mass is 211 g/mol. The van der Waals surface area contributed by atoms with Gasteiger partial charge in [0.1, 0.15) is 11.3 Å². The highest BCUT2D eigenvalue weighted by molar-refractivity contribution is 5.88. The minimum atomic E-state index is -0.936. The Morgan fingerprint density at radius 2 is 2.33 bits per heavy atom. The lowest BCUT2D eigenvalue weighted by atomic mass is 10.2. The number of furan rings is 1. The average molecular weight is 211 g/mol. The second kappa shape index (κ2) is 6.24. The Morgan fingerprint density at radius 3 is 3.00 bits per heavy atom. The summed E-state index contributed by atoms with van der Waals surface area (Å²) in [6.07, 6.45) is 4.89. The number of hydrogen-bond acceptors (Lipinski definition) is 3. The first-order valence-electron chi connectivity index (χ1n) is 5.26. The summed E-state index contributed by atoms with van der Waals surface area (Å²) in [7, 11) is 0. The van der Waals surface area contributed by atoms with Crippen LogP contribution in [-0.2, 0) is 6.54 Å². The second-order valence-electron chi connectivity index (χ2n) is 3.45. The van der Waals surface area contributed by atoms with Crippen molar-refractivity contribution in [2.24, 2.45) is 0 Å². The number of nitrogens with one attached hydrogen (secondary N) is 1. The van der Waals surface area contributed by atoms with Crippen molar-refractivity contribution < 1.29 is 14.3 Å². The molecule has 84 valence electrons. The Hall–Kier alpha value is -1.29. The Labute approximate surface area is 89.3 Å². The topological polar surface area (TPSA) is 62.5 Å². The number of rotatable bonds is 7. The highest BCUT2D eigenvalue weighted by Gasteiger charge is 2.11. The van der Waals surface area contributed by atoms with Gasteiger partial charge in [-0.3, -0.25) is 0 Å². The molecule has 0 amide bonds. The van der Waals surface area contributed by atoms with Crippen molar-refractivity contribution in [1.29, 1.82) is 0 Å². The van der Waals surface area contributed by atoms with Crippen LogP contribution >= 0.6 is 0 Å². The fourth-order valence-corrected chi connectivity index (χ4v) is 1.37. The first-order chi connectivity index (χ1) is 7.25. The smallest absolute Gasteiger partial charge is 0.339 e. The van der Waals surface area contributed by atoms with E-state index in [-0.39, 0.29) is 5.56 Å². The van der Waals surface area contributed by atoms with Gasteiger partial charge in [0.05, 0.1) is 12.8 Å². The standard InChI is InChI=1S/C11H17NO3/c1-2-3-4-6-12-8-10-9(11(13)14)5-7-15-10/h5,7,12H,2-4,6,8H2,1H3,(H,13,14). The van der Waals surface area contributed by atoms with Crippen molar-refractivity contribution in [3.8, 4) is 0 Å². The molecule has 0 bridgehead atoms. The van der Waals surface area contributed by atoms with Crippen LogP contribution in [0.2, 0.25) is 0 Å². The van der Waals surface area contributed by atoms with Crippen molar-refractivity contribution in [2.45, 2.75) is 32.7 Å². The number of carboxylic acids is 1. The molecule has 0 aliphatic heterocycles. The summed E-state index contributed by atoms with van der Waals surface area (Å²) < 4.78 is 5.09. The molecule has 0 fully saturated rings. The largest absolute Gasteiger partial charge is 0.478 e. The predicted molar refractivity (Wildman–Crippen MR) is 56.9 cm³/mol. The molecule has 0 radical (unpaired) electrons. The number of aromatic carboxylic acids is 1. The lowest BCUT2D eigenvalue weighted by molar-refractivity contribution is 0.0694. The van der Waals surface area contributed by atoms with Crippen molar-refractivity contribution in [2.75, 3.05) is 6.54 Å². The van der Waals surface area contributed by atoms with Crippen LogP contribution in [0.5, 0.6) is 0 Å². The molecule has 1 aromatic rings. The SMILES string of the molecule is CCCCCNCc1occc1C(=O)O. The van der Waals surface area contributed by atoms with Gasteiger partial charge in [-0.15, -0.1) is 0 Å². The highest BCUT2D eigenvalue weighted by Crippen LogP contribution is 2.09. The van der Waals surface area contributed by atoms with E-state index >= 15 is 0 Å². The Kier molecular flexibility index (Phi) is 4.90. The van der Waals surface area contributed by atoms with Crippen molar-refractivity contribution in [1.82, 2.24) is 5.32 Å². The van der Waals surface area contributed by atoms with Crippen LogP contribution in [-0.4, -0.2) is 17.6 Å². The lowest BCUT2D eigenvalue weighted by Crippen LogP contribution is -2.15. The van der Waals surface area contributed by atoms with Gasteiger partial charge >= 0.3 is 5.97 Å². The summed E-state index contributed by atoms with van der Waals surface area (Å²) in [5, 5.41) is 12.0.